The van der Waals surface area contributed by atoms with Gasteiger partial charge in [0.2, 0.25) is 13.1 Å². The molecule has 5 unspecified atom stereocenters. The Morgan fingerprint density at radius 1 is 0.821 bits per heavy atom. The predicted molar refractivity (Wildman–Crippen MR) is 131 cm³/mol. The first kappa shape index (κ1) is 25.8. The normalized spacial score (nSPS) is 25.6. The highest BCUT2D eigenvalue weighted by Crippen LogP contribution is 2.48. The van der Waals surface area contributed by atoms with E-state index < -0.39 is 56.5 Å². The molecule has 6 N–H and O–H groups in total. The number of cyclic esters (lactones) is 1. The molecular weight excluding hydrogens is 516 g/mol. The van der Waals surface area contributed by atoms with Gasteiger partial charge in [0.25, 0.3) is 0 Å². The first-order valence-electron chi connectivity index (χ1n) is 12.3. The Hall–Kier alpha value is -3.49. The molecule has 12 nitrogen and oxygen atoms in total. The van der Waals surface area contributed by atoms with Crippen LogP contribution in [0.25, 0.3) is 21.9 Å². The van der Waals surface area contributed by atoms with Crippen molar-refractivity contribution in [3.63, 3.8) is 0 Å². The second-order valence-electron chi connectivity index (χ2n) is 9.50. The summed E-state index contributed by atoms with van der Waals surface area (Å²) in [6.07, 6.45) is -7.71. The maximum absolute atomic E-state index is 13.1. The summed E-state index contributed by atoms with van der Waals surface area (Å²) < 4.78 is 28.0. The van der Waals surface area contributed by atoms with E-state index in [4.69, 9.17) is 23.7 Å². The summed E-state index contributed by atoms with van der Waals surface area (Å²) in [6.45, 7) is -1.57. The minimum absolute atomic E-state index is 0.0556. The molecule has 3 aromatic rings. The Balaban J connectivity index is 1.59. The van der Waals surface area contributed by atoms with Gasteiger partial charge in [-0.2, -0.15) is 0 Å². The summed E-state index contributed by atoms with van der Waals surface area (Å²) >= 11 is 0. The van der Waals surface area contributed by atoms with Gasteiger partial charge in [0.05, 0.1) is 25.4 Å². The molecule has 12 heteroatoms. The predicted octanol–water partition coefficient (Wildman–Crippen LogP) is 0.0692. The molecule has 0 amide bonds. The fraction of sp³-hybridized carbons (Fsp3) is 0.370. The molecular formula is C27H26O12. The van der Waals surface area contributed by atoms with Crippen molar-refractivity contribution in [1.82, 2.24) is 0 Å². The molecule has 0 aliphatic carbocycles. The van der Waals surface area contributed by atoms with E-state index in [0.29, 0.717) is 50.1 Å². The van der Waals surface area contributed by atoms with Gasteiger partial charge in [0, 0.05) is 16.5 Å². The average molecular weight is 542 g/mol. The number of aliphatic hydroxyl groups is 6. The first-order valence-corrected chi connectivity index (χ1v) is 12.3. The molecule has 206 valence electrons. The summed E-state index contributed by atoms with van der Waals surface area (Å²) in [6, 6.07) is 8.42. The number of fused-ring (bicyclic) bond motifs is 3. The molecule has 1 fully saturated rings. The third kappa shape index (κ3) is 4.08. The summed E-state index contributed by atoms with van der Waals surface area (Å²) in [5.41, 5.74) is 2.39. The van der Waals surface area contributed by atoms with Crippen LogP contribution in [0.2, 0.25) is 0 Å². The van der Waals surface area contributed by atoms with Gasteiger partial charge >= 0.3 is 5.97 Å². The van der Waals surface area contributed by atoms with E-state index in [1.54, 1.807) is 30.3 Å². The molecule has 0 saturated carbocycles. The molecule has 39 heavy (non-hydrogen) atoms. The largest absolute Gasteiger partial charge is 0.461 e. The highest BCUT2D eigenvalue weighted by atomic mass is 16.7. The van der Waals surface area contributed by atoms with Crippen LogP contribution in [0.15, 0.2) is 30.3 Å². The lowest BCUT2D eigenvalue weighted by Gasteiger charge is -2.40. The van der Waals surface area contributed by atoms with Crippen LogP contribution in [0.4, 0.5) is 0 Å². The number of carbonyl (C=O) groups excluding carboxylic acids is 1. The smallest absolute Gasteiger partial charge is 0.339 e. The number of aliphatic hydroxyl groups excluding tert-OH is 6. The number of hydrogen-bond donors (Lipinski definition) is 6. The molecule has 1 saturated heterocycles. The van der Waals surface area contributed by atoms with E-state index in [9.17, 15) is 35.4 Å². The van der Waals surface area contributed by atoms with Gasteiger partial charge in [0.15, 0.2) is 11.5 Å². The van der Waals surface area contributed by atoms with Crippen LogP contribution >= 0.6 is 0 Å². The molecule has 3 aromatic carbocycles. The SMILES string of the molecule is O=C1OCc2c1c(-c1ccc3c(c1)OCO3)c1cc(CO)c(CO)cc1c2OC1OC(CO)C(O)C(O)C1O. The van der Waals surface area contributed by atoms with Gasteiger partial charge in [-0.1, -0.05) is 6.07 Å². The zero-order chi connectivity index (χ0) is 27.4. The lowest BCUT2D eigenvalue weighted by atomic mass is 9.87. The van der Waals surface area contributed by atoms with E-state index in [0.717, 1.165) is 0 Å². The van der Waals surface area contributed by atoms with Gasteiger partial charge in [-0.3, -0.25) is 0 Å². The zero-order valence-electron chi connectivity index (χ0n) is 20.4. The number of benzene rings is 3. The Labute approximate surface area is 221 Å². The van der Waals surface area contributed by atoms with Crippen LogP contribution in [0, 0.1) is 0 Å². The Morgan fingerprint density at radius 2 is 1.54 bits per heavy atom. The number of esters is 1. The quantitative estimate of drug-likeness (QED) is 0.231. The van der Waals surface area contributed by atoms with Gasteiger partial charge in [-0.25, -0.2) is 4.79 Å². The van der Waals surface area contributed by atoms with Crippen molar-refractivity contribution in [2.75, 3.05) is 13.4 Å². The summed E-state index contributed by atoms with van der Waals surface area (Å²) in [4.78, 5) is 13.1. The van der Waals surface area contributed by atoms with E-state index >= 15 is 0 Å². The Bertz CT molecular complexity index is 1450. The minimum Gasteiger partial charge on any atom is -0.461 e. The van der Waals surface area contributed by atoms with Gasteiger partial charge in [0.1, 0.15) is 36.8 Å². The first-order chi connectivity index (χ1) is 18.9. The second-order valence-corrected chi connectivity index (χ2v) is 9.50. The second kappa shape index (κ2) is 9.92. The minimum atomic E-state index is -1.70. The van der Waals surface area contributed by atoms with E-state index in [2.05, 4.69) is 0 Å². The molecule has 3 heterocycles. The topological polar surface area (TPSA) is 185 Å². The van der Waals surface area contributed by atoms with Crippen LogP contribution in [-0.4, -0.2) is 80.7 Å². The zero-order valence-corrected chi connectivity index (χ0v) is 20.4. The van der Waals surface area contributed by atoms with Crippen LogP contribution in [0.1, 0.15) is 27.0 Å². The van der Waals surface area contributed by atoms with Gasteiger partial charge in [-0.15, -0.1) is 0 Å². The molecule has 6 rings (SSSR count). The highest BCUT2D eigenvalue weighted by Gasteiger charge is 2.45. The monoisotopic (exact) mass is 542 g/mol. The maximum atomic E-state index is 13.1. The van der Waals surface area contributed by atoms with Crippen molar-refractivity contribution in [1.29, 1.82) is 0 Å². The lowest BCUT2D eigenvalue weighted by molar-refractivity contribution is -0.277. The van der Waals surface area contributed by atoms with Crippen molar-refractivity contribution in [2.24, 2.45) is 0 Å². The molecule has 0 spiro atoms. The summed E-state index contributed by atoms with van der Waals surface area (Å²) in [5, 5.41) is 61.6. The molecule has 0 bridgehead atoms. The number of hydrogen-bond acceptors (Lipinski definition) is 12. The van der Waals surface area contributed by atoms with Crippen molar-refractivity contribution in [2.45, 2.75) is 50.5 Å². The van der Waals surface area contributed by atoms with Gasteiger partial charge < -0.3 is 54.3 Å². The molecule has 5 atom stereocenters. The van der Waals surface area contributed by atoms with E-state index in [1.807, 2.05) is 0 Å². The van der Waals surface area contributed by atoms with Crippen LogP contribution in [0.5, 0.6) is 17.2 Å². The maximum Gasteiger partial charge on any atom is 0.339 e. The van der Waals surface area contributed by atoms with Crippen LogP contribution < -0.4 is 14.2 Å². The van der Waals surface area contributed by atoms with Crippen molar-refractivity contribution in [3.05, 3.63) is 52.6 Å². The number of rotatable bonds is 6. The third-order valence-electron chi connectivity index (χ3n) is 7.32. The van der Waals surface area contributed by atoms with E-state index in [-0.39, 0.29) is 24.7 Å². The third-order valence-corrected chi connectivity index (χ3v) is 7.32. The number of ether oxygens (including phenoxy) is 5. The Kier molecular flexibility index (Phi) is 6.55. The standard InChI is InChI=1S/C27H26O12/c28-6-12-3-14-15(4-13(12)7-29)25(39-27-24(33)23(32)22(31)19(8-30)38-27)16-9-35-26(34)21(16)20(14)11-1-2-17-18(5-11)37-10-36-17/h1-5,19,22-24,27-33H,6-10H2. The summed E-state index contributed by atoms with van der Waals surface area (Å²) in [7, 11) is 0. The molecule has 3 aliphatic heterocycles. The van der Waals surface area contributed by atoms with Gasteiger partial charge in [-0.05, 0) is 46.3 Å². The Morgan fingerprint density at radius 3 is 2.26 bits per heavy atom. The average Bonchev–Trinajstić information content (AvgIpc) is 3.58. The van der Waals surface area contributed by atoms with Crippen molar-refractivity contribution in [3.8, 4) is 28.4 Å². The van der Waals surface area contributed by atoms with E-state index in [1.165, 1.54) is 0 Å². The van der Waals surface area contributed by atoms with Crippen LogP contribution in [-0.2, 0) is 29.3 Å². The number of carbonyl (C=O) groups is 1. The fourth-order valence-electron chi connectivity index (χ4n) is 5.28. The van der Waals surface area contributed by atoms with Crippen LogP contribution in [0.3, 0.4) is 0 Å². The van der Waals surface area contributed by atoms with Crippen molar-refractivity contribution >= 4 is 16.7 Å². The highest BCUT2D eigenvalue weighted by molar-refractivity contribution is 6.13. The molecule has 0 aromatic heterocycles. The molecule has 0 radical (unpaired) electrons. The molecule has 3 aliphatic rings. The lowest BCUT2D eigenvalue weighted by Crippen LogP contribution is -2.60. The summed E-state index contributed by atoms with van der Waals surface area (Å²) in [5.74, 6) is 0.481. The fourth-order valence-corrected chi connectivity index (χ4v) is 5.28. The van der Waals surface area contributed by atoms with Crippen molar-refractivity contribution < 1.29 is 59.1 Å².